The Morgan fingerprint density at radius 2 is 1.76 bits per heavy atom. The average Bonchev–Trinajstić information content (AvgIpc) is 2.35. The molecule has 0 spiro atoms. The number of hydrogen-bond acceptors (Lipinski definition) is 4. The highest BCUT2D eigenvalue weighted by Crippen LogP contribution is 2.23. The smallest absolute Gasteiger partial charge is 0.221 e. The fraction of sp³-hybridized carbons (Fsp3) is 0.154. The summed E-state index contributed by atoms with van der Waals surface area (Å²) in [4.78, 5) is 4.04. The van der Waals surface area contributed by atoms with Crippen molar-refractivity contribution in [2.24, 2.45) is 0 Å². The Hall–Kier alpha value is -2.23. The van der Waals surface area contributed by atoms with Crippen LogP contribution in [-0.2, 0) is 6.42 Å². The summed E-state index contributed by atoms with van der Waals surface area (Å²) < 4.78 is 5.57. The van der Waals surface area contributed by atoms with Gasteiger partial charge in [0.05, 0.1) is 5.69 Å². The van der Waals surface area contributed by atoms with Crippen LogP contribution in [0.1, 0.15) is 12.5 Å². The zero-order valence-electron chi connectivity index (χ0n) is 9.68. The molecule has 0 bridgehead atoms. The number of ether oxygens (including phenoxy) is 1. The van der Waals surface area contributed by atoms with Gasteiger partial charge >= 0.3 is 0 Å². The topological polar surface area (TPSA) is 74.2 Å². The van der Waals surface area contributed by atoms with Gasteiger partial charge in [-0.25, -0.2) is 0 Å². The molecule has 2 rings (SSSR count). The first-order chi connectivity index (χ1) is 8.19. The van der Waals surface area contributed by atoms with E-state index in [1.165, 1.54) is 5.56 Å². The molecule has 0 unspecified atom stereocenters. The van der Waals surface area contributed by atoms with Gasteiger partial charge in [-0.1, -0.05) is 19.1 Å². The first kappa shape index (κ1) is 11.3. The normalized spacial score (nSPS) is 10.2. The zero-order chi connectivity index (χ0) is 12.3. The summed E-state index contributed by atoms with van der Waals surface area (Å²) in [7, 11) is 0. The van der Waals surface area contributed by atoms with Gasteiger partial charge in [0.25, 0.3) is 0 Å². The number of aromatic nitrogens is 1. The Kier molecular flexibility index (Phi) is 3.14. The van der Waals surface area contributed by atoms with Crippen LogP contribution in [0.5, 0.6) is 11.6 Å². The van der Waals surface area contributed by atoms with Crippen LogP contribution in [0.4, 0.5) is 11.5 Å². The highest BCUT2D eigenvalue weighted by Gasteiger charge is 2.01. The molecule has 4 N–H and O–H groups in total. The summed E-state index contributed by atoms with van der Waals surface area (Å²) in [5.74, 6) is 1.47. The number of benzene rings is 1. The summed E-state index contributed by atoms with van der Waals surface area (Å²) in [6, 6.07) is 11.2. The maximum atomic E-state index is 5.60. The van der Waals surface area contributed by atoms with Crippen molar-refractivity contribution in [3.63, 3.8) is 0 Å². The molecule has 0 aliphatic carbocycles. The largest absolute Gasteiger partial charge is 0.439 e. The highest BCUT2D eigenvalue weighted by atomic mass is 16.5. The molecule has 4 nitrogen and oxygen atoms in total. The maximum absolute atomic E-state index is 5.60. The van der Waals surface area contributed by atoms with Gasteiger partial charge in [0.1, 0.15) is 5.75 Å². The quantitative estimate of drug-likeness (QED) is 0.848. The maximum Gasteiger partial charge on any atom is 0.221 e. The van der Waals surface area contributed by atoms with Gasteiger partial charge in [0.2, 0.25) is 5.88 Å². The van der Waals surface area contributed by atoms with Crippen LogP contribution in [0.2, 0.25) is 0 Å². The Morgan fingerprint density at radius 1 is 1.06 bits per heavy atom. The molecular formula is C13H15N3O. The number of nitrogens with two attached hydrogens (primary N) is 2. The molecule has 0 radical (unpaired) electrons. The van der Waals surface area contributed by atoms with Crippen LogP contribution in [0.3, 0.4) is 0 Å². The number of pyridine rings is 1. The highest BCUT2D eigenvalue weighted by molar-refractivity contribution is 5.58. The van der Waals surface area contributed by atoms with E-state index in [0.29, 0.717) is 11.6 Å². The van der Waals surface area contributed by atoms with Gasteiger partial charge in [-0.3, -0.25) is 0 Å². The molecule has 1 aromatic heterocycles. The van der Waals surface area contributed by atoms with Crippen molar-refractivity contribution in [2.45, 2.75) is 13.3 Å². The lowest BCUT2D eigenvalue weighted by Crippen LogP contribution is -1.98. The third-order valence-electron chi connectivity index (χ3n) is 2.49. The van der Waals surface area contributed by atoms with Crippen LogP contribution in [0, 0.1) is 0 Å². The minimum absolute atomic E-state index is 0.285. The molecule has 0 saturated carbocycles. The van der Waals surface area contributed by atoms with E-state index in [4.69, 9.17) is 16.2 Å². The third-order valence-corrected chi connectivity index (χ3v) is 2.49. The fourth-order valence-electron chi connectivity index (χ4n) is 1.44. The monoisotopic (exact) mass is 229 g/mol. The van der Waals surface area contributed by atoms with Crippen LogP contribution in [0.25, 0.3) is 0 Å². The minimum atomic E-state index is 0.285. The van der Waals surface area contributed by atoms with Crippen LogP contribution >= 0.6 is 0 Å². The number of rotatable bonds is 3. The summed E-state index contributed by atoms with van der Waals surface area (Å²) in [6.07, 6.45) is 1.01. The average molecular weight is 229 g/mol. The Labute approximate surface area is 100 Å². The Morgan fingerprint density at radius 3 is 2.35 bits per heavy atom. The van der Waals surface area contributed by atoms with E-state index < -0.39 is 0 Å². The molecule has 4 heteroatoms. The second kappa shape index (κ2) is 4.74. The van der Waals surface area contributed by atoms with E-state index in [1.807, 2.05) is 24.3 Å². The van der Waals surface area contributed by atoms with Gasteiger partial charge < -0.3 is 16.2 Å². The van der Waals surface area contributed by atoms with Crippen LogP contribution in [-0.4, -0.2) is 4.98 Å². The molecule has 1 aromatic carbocycles. The molecule has 1 heterocycles. The number of nitrogens with zero attached hydrogens (tertiary/aromatic N) is 1. The molecule has 2 aromatic rings. The van der Waals surface area contributed by atoms with Crippen molar-refractivity contribution in [3.8, 4) is 11.6 Å². The lowest BCUT2D eigenvalue weighted by Gasteiger charge is -2.06. The van der Waals surface area contributed by atoms with Gasteiger partial charge in [-0.2, -0.15) is 4.98 Å². The van der Waals surface area contributed by atoms with E-state index in [1.54, 1.807) is 12.1 Å². The molecule has 88 valence electrons. The summed E-state index contributed by atoms with van der Waals surface area (Å²) in [6.45, 7) is 2.11. The van der Waals surface area contributed by atoms with E-state index in [0.717, 1.165) is 12.2 Å². The third kappa shape index (κ3) is 2.66. The molecule has 0 fully saturated rings. The van der Waals surface area contributed by atoms with Gasteiger partial charge in [-0.15, -0.1) is 0 Å². The summed E-state index contributed by atoms with van der Waals surface area (Å²) in [5.41, 5.74) is 12.9. The Bertz CT molecular complexity index is 509. The SMILES string of the molecule is CCc1ccc(Oc2ccc(N)c(N)n2)cc1. The number of nitrogen functional groups attached to an aromatic ring is 2. The first-order valence-electron chi connectivity index (χ1n) is 5.48. The number of aryl methyl sites for hydroxylation is 1. The molecule has 0 aliphatic heterocycles. The predicted octanol–water partition coefficient (Wildman–Crippen LogP) is 2.60. The van der Waals surface area contributed by atoms with Crippen molar-refractivity contribution >= 4 is 11.5 Å². The molecule has 0 saturated heterocycles. The number of anilines is 2. The second-order valence-corrected chi connectivity index (χ2v) is 3.72. The van der Waals surface area contributed by atoms with E-state index in [-0.39, 0.29) is 5.82 Å². The standard InChI is InChI=1S/C13H15N3O/c1-2-9-3-5-10(6-4-9)17-12-8-7-11(14)13(15)16-12/h3-8H,2,14H2,1H3,(H2,15,16). The first-order valence-corrected chi connectivity index (χ1v) is 5.48. The fourth-order valence-corrected chi connectivity index (χ4v) is 1.44. The van der Waals surface area contributed by atoms with Crippen molar-refractivity contribution in [1.82, 2.24) is 4.98 Å². The number of hydrogen-bond donors (Lipinski definition) is 2. The molecule has 17 heavy (non-hydrogen) atoms. The van der Waals surface area contributed by atoms with Gasteiger partial charge in [0.15, 0.2) is 5.82 Å². The summed E-state index contributed by atoms with van der Waals surface area (Å²) in [5, 5.41) is 0. The van der Waals surface area contributed by atoms with Crippen molar-refractivity contribution < 1.29 is 4.74 Å². The molecule has 0 atom stereocenters. The molecule has 0 aliphatic rings. The van der Waals surface area contributed by atoms with Gasteiger partial charge in [-0.05, 0) is 30.2 Å². The van der Waals surface area contributed by atoms with E-state index in [2.05, 4.69) is 11.9 Å². The predicted molar refractivity (Wildman–Crippen MR) is 69.0 cm³/mol. The zero-order valence-corrected chi connectivity index (χ0v) is 9.68. The summed E-state index contributed by atoms with van der Waals surface area (Å²) >= 11 is 0. The van der Waals surface area contributed by atoms with E-state index >= 15 is 0 Å². The molecular weight excluding hydrogens is 214 g/mol. The van der Waals surface area contributed by atoms with Gasteiger partial charge in [0, 0.05) is 6.07 Å². The van der Waals surface area contributed by atoms with Crippen molar-refractivity contribution in [3.05, 3.63) is 42.0 Å². The Balaban J connectivity index is 2.16. The lowest BCUT2D eigenvalue weighted by atomic mass is 10.2. The van der Waals surface area contributed by atoms with Crippen LogP contribution < -0.4 is 16.2 Å². The van der Waals surface area contributed by atoms with Crippen LogP contribution in [0.15, 0.2) is 36.4 Å². The molecule has 0 amide bonds. The second-order valence-electron chi connectivity index (χ2n) is 3.72. The van der Waals surface area contributed by atoms with Crippen molar-refractivity contribution in [1.29, 1.82) is 0 Å². The minimum Gasteiger partial charge on any atom is -0.439 e. The lowest BCUT2D eigenvalue weighted by molar-refractivity contribution is 0.464. The van der Waals surface area contributed by atoms with Crippen molar-refractivity contribution in [2.75, 3.05) is 11.5 Å². The van der Waals surface area contributed by atoms with E-state index in [9.17, 15) is 0 Å².